The summed E-state index contributed by atoms with van der Waals surface area (Å²) in [6.45, 7) is 14.3. The standard InChI is InChI=1S/C13H4.C12H6.C11H14NO2P3.C10H12NO2P3.C9H12NOP3.C8H9NO3/c1-3-5-7-9-11-13-12-10-8-6-4-2;1-3-5-7-9-11-12-10-8-6-4-2;1-7-5-10(14-2)9(6-13)8-3-4-12(11(7)8)17(15)16;1-6-4-9(13)8(5-12)7-2-3-11(10(6)7)16(14)15;1-6-4-8(11)5-7-2-3-10(9(6)7)14(12)13;1-5-3-7(10)4-6(2)8(5)9(11)12/h1H,2H3;1-2H3;3-6H,15-16H2,1-2H3;2-5,13H,14-15H2,1H3;2-5,11H,12-13H2,1H3;3-4,10H,1-2H3. The molecule has 4 aromatic carbocycles. The monoisotopic (exact) mass is 1280 g/mol. The number of carbonyl (C=O) groups is 2. The van der Waals surface area contributed by atoms with Gasteiger partial charge in [0.15, 0.2) is 12.6 Å². The molecule has 0 aliphatic heterocycles. The molecule has 3 heterocycles. The molecule has 0 spiro atoms. The van der Waals surface area contributed by atoms with Gasteiger partial charge in [-0.1, -0.05) is 71.3 Å². The zero-order valence-electron chi connectivity index (χ0n) is 47.1. The van der Waals surface area contributed by atoms with Crippen molar-refractivity contribution in [1.82, 2.24) is 13.0 Å². The van der Waals surface area contributed by atoms with Gasteiger partial charge in [-0.25, -0.2) is 0 Å². The molecule has 0 aliphatic carbocycles. The Bertz CT molecular complexity index is 4250. The van der Waals surface area contributed by atoms with Gasteiger partial charge in [-0.05, 0) is 233 Å². The van der Waals surface area contributed by atoms with Crippen LogP contribution in [0.3, 0.4) is 0 Å². The molecule has 0 bridgehead atoms. The number of methoxy groups -OCH3 is 1. The van der Waals surface area contributed by atoms with E-state index in [0.29, 0.717) is 40.0 Å². The minimum atomic E-state index is -0.449. The molecule has 0 amide bonds. The number of carbonyl (C=O) groups excluding carboxylic acids is 2. The number of terminal acetylenes is 1. The first-order chi connectivity index (χ1) is 40.1. The number of nitrogens with zero attached hydrogens (tertiary/aromatic N) is 4. The van der Waals surface area contributed by atoms with E-state index < -0.39 is 19.8 Å². The van der Waals surface area contributed by atoms with Crippen LogP contribution in [0.2, 0.25) is 0 Å². The number of aromatic nitrogens is 3. The van der Waals surface area contributed by atoms with Gasteiger partial charge in [0.25, 0.3) is 5.69 Å². The van der Waals surface area contributed by atoms with Crippen molar-refractivity contribution in [3.63, 3.8) is 0 Å². The highest BCUT2D eigenvalue weighted by molar-refractivity contribution is 8.43. The van der Waals surface area contributed by atoms with Crippen LogP contribution in [0.1, 0.15) is 69.3 Å². The number of benzene rings is 4. The van der Waals surface area contributed by atoms with E-state index >= 15 is 0 Å². The first-order valence-corrected chi connectivity index (χ1v) is 37.5. The fourth-order valence-electron chi connectivity index (χ4n) is 7.32. The van der Waals surface area contributed by atoms with Gasteiger partial charge in [-0.15, -0.1) is 6.42 Å². The van der Waals surface area contributed by atoms with Gasteiger partial charge in [-0.2, -0.15) is 0 Å². The molecule has 3 N–H and O–H groups in total. The average Bonchev–Trinajstić information content (AvgIpc) is 2.86. The highest BCUT2D eigenvalue weighted by atomic mass is 32.4. The zero-order valence-corrected chi connectivity index (χ0v) is 56.7. The third-order valence-corrected chi connectivity index (χ3v) is 17.5. The Hall–Kier alpha value is -7.53. The summed E-state index contributed by atoms with van der Waals surface area (Å²) in [6, 6.07) is 15.8. The zero-order chi connectivity index (χ0) is 62.9. The van der Waals surface area contributed by atoms with Crippen LogP contribution >= 0.6 is 75.9 Å². The van der Waals surface area contributed by atoms with E-state index in [0.717, 1.165) is 50.2 Å². The quantitative estimate of drug-likeness (QED) is 0.0467. The summed E-state index contributed by atoms with van der Waals surface area (Å²) >= 11 is 0. The van der Waals surface area contributed by atoms with E-state index in [2.05, 4.69) is 197 Å². The van der Waals surface area contributed by atoms with Crippen LogP contribution in [0.15, 0.2) is 73.2 Å². The predicted octanol–water partition coefficient (Wildman–Crippen LogP) is 14.0. The van der Waals surface area contributed by atoms with Crippen LogP contribution in [0.5, 0.6) is 23.0 Å². The van der Waals surface area contributed by atoms with Gasteiger partial charge >= 0.3 is 0 Å². The summed E-state index contributed by atoms with van der Waals surface area (Å²) in [4.78, 5) is 32.2. The van der Waals surface area contributed by atoms with Gasteiger partial charge in [0.1, 0.15) is 23.0 Å². The van der Waals surface area contributed by atoms with Gasteiger partial charge in [0.2, 0.25) is 0 Å². The largest absolute Gasteiger partial charge is 0.508 e. The highest BCUT2D eigenvalue weighted by Crippen LogP contribution is 2.57. The van der Waals surface area contributed by atoms with Gasteiger partial charge < -0.3 is 33.1 Å². The molecule has 6 atom stereocenters. The SMILES string of the molecule is C#CC#CC#CC#CC#CC#CC.CC#CC#CC#CC#CC#CC.COc1cc(C)c2c(ccn2P(P)P)c1C=O.Cc1cc(O)c(C=O)c2ccn(P(P)P)c12.Cc1cc(O)cc(C)c1[N+](=O)[O-].Cc1cc(O)cc2ccn(P(P)P)c12. The van der Waals surface area contributed by atoms with Crippen LogP contribution in [-0.4, -0.2) is 52.9 Å². The number of nitro benzene ring substituents is 1. The van der Waals surface area contributed by atoms with E-state index in [9.17, 15) is 29.9 Å². The Morgan fingerprint density at radius 3 is 1.24 bits per heavy atom. The van der Waals surface area contributed by atoms with Crippen molar-refractivity contribution in [3.05, 3.63) is 122 Å². The number of phenols is 3. The summed E-state index contributed by atoms with van der Waals surface area (Å²) in [7, 11) is 17.1. The first-order valence-electron chi connectivity index (χ1n) is 23.9. The molecule has 422 valence electrons. The molecular formula is C63H57N4O8P9. The number of aryl methyl sites for hydroxylation is 5. The number of rotatable bonds is 7. The Kier molecular flexibility index (Phi) is 33.8. The lowest BCUT2D eigenvalue weighted by molar-refractivity contribution is -0.386. The minimum absolute atomic E-state index is 0.0505. The number of aromatic hydroxyl groups is 3. The van der Waals surface area contributed by atoms with Gasteiger partial charge in [0.05, 0.1) is 39.7 Å². The molecule has 12 nitrogen and oxygen atoms in total. The topological polar surface area (TPSA) is 162 Å². The number of hydrogen-bond donors (Lipinski definition) is 3. The van der Waals surface area contributed by atoms with Gasteiger partial charge in [-0.3, -0.25) is 19.7 Å². The van der Waals surface area contributed by atoms with Crippen LogP contribution in [0.4, 0.5) is 5.69 Å². The number of fused-ring (bicyclic) bond motifs is 3. The molecule has 21 heteroatoms. The Labute approximate surface area is 509 Å². The third-order valence-electron chi connectivity index (χ3n) is 10.5. The number of nitro groups is 1. The lowest BCUT2D eigenvalue weighted by Gasteiger charge is -2.13. The predicted molar refractivity (Wildman–Crippen MR) is 374 cm³/mol. The van der Waals surface area contributed by atoms with Crippen molar-refractivity contribution >= 4 is 127 Å². The van der Waals surface area contributed by atoms with Crippen LogP contribution in [0, 0.1) is 175 Å². The van der Waals surface area contributed by atoms with E-state index in [-0.39, 0.29) is 24.6 Å². The fraction of sp³-hybridized carbons (Fsp3) is 0.143. The lowest BCUT2D eigenvalue weighted by atomic mass is 10.1. The number of hydrogen-bond acceptors (Lipinski definition) is 8. The van der Waals surface area contributed by atoms with Crippen LogP contribution in [0.25, 0.3) is 32.7 Å². The van der Waals surface area contributed by atoms with Crippen LogP contribution in [-0.2, 0) is 0 Å². The maximum absolute atomic E-state index is 11.2. The molecule has 0 aliphatic rings. The second-order valence-electron chi connectivity index (χ2n) is 16.2. The molecule has 0 fully saturated rings. The molecular weight excluding hydrogens is 1220 g/mol. The van der Waals surface area contributed by atoms with Crippen molar-refractivity contribution in [2.24, 2.45) is 0 Å². The van der Waals surface area contributed by atoms with Crippen LogP contribution < -0.4 is 4.74 Å². The number of ether oxygens (including phenoxy) is 1. The second kappa shape index (κ2) is 39.1. The maximum atomic E-state index is 11.2. The molecule has 6 unspecified atom stereocenters. The summed E-state index contributed by atoms with van der Waals surface area (Å²) in [6.07, 6.45) is 12.4. The summed E-state index contributed by atoms with van der Waals surface area (Å²) in [5.41, 5.74) is 8.55. The smallest absolute Gasteiger partial charge is 0.275 e. The van der Waals surface area contributed by atoms with Crippen molar-refractivity contribution in [2.75, 3.05) is 7.11 Å². The summed E-state index contributed by atoms with van der Waals surface area (Å²) in [5, 5.41) is 41.6. The van der Waals surface area contributed by atoms with E-state index in [1.165, 1.54) is 17.6 Å². The molecule has 7 aromatic rings. The molecule has 3 aromatic heterocycles. The maximum Gasteiger partial charge on any atom is 0.275 e. The number of aldehydes is 2. The number of phenolic OH excluding ortho intramolecular Hbond substituents is 3. The summed E-state index contributed by atoms with van der Waals surface area (Å²) in [5.74, 6) is 53.6. The summed E-state index contributed by atoms with van der Waals surface area (Å²) < 4.78 is 11.7. The Morgan fingerprint density at radius 2 is 0.857 bits per heavy atom. The molecule has 0 radical (unpaired) electrons. The third kappa shape index (κ3) is 22.9. The Morgan fingerprint density at radius 1 is 0.512 bits per heavy atom. The van der Waals surface area contributed by atoms with E-state index in [4.69, 9.17) is 16.3 Å². The lowest BCUT2D eigenvalue weighted by Crippen LogP contribution is -1.94. The van der Waals surface area contributed by atoms with Gasteiger partial charge in [0, 0.05) is 68.2 Å². The molecule has 84 heavy (non-hydrogen) atoms. The normalized spacial score (nSPS) is 8.82. The van der Waals surface area contributed by atoms with E-state index in [1.54, 1.807) is 59.9 Å². The van der Waals surface area contributed by atoms with Crippen molar-refractivity contribution in [1.29, 1.82) is 0 Å². The average molecular weight is 1280 g/mol. The minimum Gasteiger partial charge on any atom is -0.508 e. The van der Waals surface area contributed by atoms with Crippen molar-refractivity contribution in [2.45, 2.75) is 55.4 Å². The van der Waals surface area contributed by atoms with E-state index in [1.807, 2.05) is 57.4 Å². The Balaban J connectivity index is 0.000000346. The fourth-order valence-corrected chi connectivity index (χ4v) is 12.9. The molecule has 7 rings (SSSR count). The molecule has 0 saturated heterocycles. The second-order valence-corrected chi connectivity index (χ2v) is 34.7. The van der Waals surface area contributed by atoms with Crippen molar-refractivity contribution in [3.8, 4) is 154 Å². The van der Waals surface area contributed by atoms with Crippen molar-refractivity contribution < 1.29 is 34.6 Å². The first kappa shape index (κ1) is 72.6. The molecule has 0 saturated carbocycles. The highest BCUT2D eigenvalue weighted by Gasteiger charge is 2.17.